The number of aliphatic imine (C=N–C) groups is 1. The fraction of sp³-hybridized carbons (Fsp3) is 0.222. The first-order valence-electron chi connectivity index (χ1n) is 3.77. The number of rotatable bonds is 2. The minimum Gasteiger partial charge on any atom is -0.398 e. The first-order chi connectivity index (χ1) is 5.77. The van der Waals surface area contributed by atoms with Gasteiger partial charge >= 0.3 is 0 Å². The van der Waals surface area contributed by atoms with Crippen LogP contribution in [0.3, 0.4) is 0 Å². The van der Waals surface area contributed by atoms with E-state index in [1.807, 2.05) is 25.2 Å². The standard InChI is InChI=1S/C9H13N3/c1-11-6-7-5-8(12-2)3-4-9(7)10/h3-6,12H,10H2,1-2H3. The predicted octanol–water partition coefficient (Wildman–Crippen LogP) is 1.36. The van der Waals surface area contributed by atoms with Crippen LogP contribution in [0.1, 0.15) is 5.56 Å². The summed E-state index contributed by atoms with van der Waals surface area (Å²) in [5.74, 6) is 0. The van der Waals surface area contributed by atoms with Crippen LogP contribution >= 0.6 is 0 Å². The molecule has 64 valence electrons. The lowest BCUT2D eigenvalue weighted by Gasteiger charge is -2.03. The summed E-state index contributed by atoms with van der Waals surface area (Å²) in [5.41, 5.74) is 8.45. The van der Waals surface area contributed by atoms with Gasteiger partial charge in [0.2, 0.25) is 0 Å². The normalized spacial score (nSPS) is 10.5. The van der Waals surface area contributed by atoms with Crippen molar-refractivity contribution in [2.24, 2.45) is 4.99 Å². The SMILES string of the molecule is CN=Cc1cc(NC)ccc1N. The van der Waals surface area contributed by atoms with Crippen molar-refractivity contribution >= 4 is 17.6 Å². The minimum atomic E-state index is 0.750. The molecule has 3 nitrogen and oxygen atoms in total. The van der Waals surface area contributed by atoms with Crippen molar-refractivity contribution in [2.75, 3.05) is 25.1 Å². The molecule has 0 aliphatic carbocycles. The highest BCUT2D eigenvalue weighted by atomic mass is 14.8. The van der Waals surface area contributed by atoms with Crippen LogP contribution in [0.4, 0.5) is 11.4 Å². The highest BCUT2D eigenvalue weighted by Crippen LogP contribution is 2.15. The van der Waals surface area contributed by atoms with Gasteiger partial charge < -0.3 is 11.1 Å². The van der Waals surface area contributed by atoms with Crippen LogP contribution in [0.15, 0.2) is 23.2 Å². The molecule has 12 heavy (non-hydrogen) atoms. The van der Waals surface area contributed by atoms with Crippen molar-refractivity contribution in [1.29, 1.82) is 0 Å². The summed E-state index contributed by atoms with van der Waals surface area (Å²) in [6.07, 6.45) is 1.75. The van der Waals surface area contributed by atoms with Crippen LogP contribution in [-0.4, -0.2) is 20.3 Å². The lowest BCUT2D eigenvalue weighted by atomic mass is 10.2. The summed E-state index contributed by atoms with van der Waals surface area (Å²) in [4.78, 5) is 3.91. The van der Waals surface area contributed by atoms with Crippen molar-refractivity contribution in [3.63, 3.8) is 0 Å². The molecule has 0 saturated heterocycles. The Balaban J connectivity index is 3.08. The summed E-state index contributed by atoms with van der Waals surface area (Å²) >= 11 is 0. The van der Waals surface area contributed by atoms with Crippen LogP contribution < -0.4 is 11.1 Å². The van der Waals surface area contributed by atoms with Crippen LogP contribution in [0.25, 0.3) is 0 Å². The largest absolute Gasteiger partial charge is 0.398 e. The molecule has 1 rings (SSSR count). The Bertz CT molecular complexity index is 292. The molecule has 0 saturated carbocycles. The van der Waals surface area contributed by atoms with Crippen LogP contribution in [0.2, 0.25) is 0 Å². The maximum atomic E-state index is 5.71. The average molecular weight is 163 g/mol. The average Bonchev–Trinajstić information content (AvgIpc) is 2.09. The zero-order valence-corrected chi connectivity index (χ0v) is 7.33. The summed E-state index contributed by atoms with van der Waals surface area (Å²) in [6, 6.07) is 5.76. The van der Waals surface area contributed by atoms with Crippen molar-refractivity contribution in [3.05, 3.63) is 23.8 Å². The van der Waals surface area contributed by atoms with E-state index in [1.165, 1.54) is 0 Å². The lowest BCUT2D eigenvalue weighted by molar-refractivity contribution is 1.45. The number of nitrogens with one attached hydrogen (secondary N) is 1. The van der Waals surface area contributed by atoms with E-state index in [2.05, 4.69) is 10.3 Å². The van der Waals surface area contributed by atoms with E-state index in [1.54, 1.807) is 13.3 Å². The Morgan fingerprint density at radius 1 is 1.50 bits per heavy atom. The number of benzene rings is 1. The molecule has 0 radical (unpaired) electrons. The third-order valence-corrected chi connectivity index (χ3v) is 1.64. The van der Waals surface area contributed by atoms with Gasteiger partial charge in [-0.2, -0.15) is 0 Å². The van der Waals surface area contributed by atoms with Gasteiger partial charge in [-0.1, -0.05) is 0 Å². The van der Waals surface area contributed by atoms with Gasteiger partial charge in [0, 0.05) is 37.2 Å². The van der Waals surface area contributed by atoms with Crippen molar-refractivity contribution < 1.29 is 0 Å². The van der Waals surface area contributed by atoms with Gasteiger partial charge in [0.1, 0.15) is 0 Å². The molecule has 1 aromatic rings. The monoisotopic (exact) mass is 163 g/mol. The quantitative estimate of drug-likeness (QED) is 0.511. The van der Waals surface area contributed by atoms with Gasteiger partial charge in [0.15, 0.2) is 0 Å². The predicted molar refractivity (Wildman–Crippen MR) is 53.9 cm³/mol. The Hall–Kier alpha value is -1.51. The molecule has 1 aromatic carbocycles. The third-order valence-electron chi connectivity index (χ3n) is 1.64. The maximum Gasteiger partial charge on any atom is 0.0404 e. The van der Waals surface area contributed by atoms with Crippen molar-refractivity contribution in [3.8, 4) is 0 Å². The third kappa shape index (κ3) is 1.75. The highest BCUT2D eigenvalue weighted by Gasteiger charge is 1.95. The fourth-order valence-corrected chi connectivity index (χ4v) is 0.981. The second-order valence-corrected chi connectivity index (χ2v) is 2.48. The van der Waals surface area contributed by atoms with Gasteiger partial charge in [-0.25, -0.2) is 0 Å². The van der Waals surface area contributed by atoms with Crippen molar-refractivity contribution in [2.45, 2.75) is 0 Å². The lowest BCUT2D eigenvalue weighted by Crippen LogP contribution is -1.95. The molecular weight excluding hydrogens is 150 g/mol. The van der Waals surface area contributed by atoms with Crippen molar-refractivity contribution in [1.82, 2.24) is 0 Å². The Labute approximate surface area is 72.3 Å². The van der Waals surface area contributed by atoms with E-state index in [9.17, 15) is 0 Å². The fourth-order valence-electron chi connectivity index (χ4n) is 0.981. The highest BCUT2D eigenvalue weighted by molar-refractivity contribution is 5.88. The van der Waals surface area contributed by atoms with Crippen LogP contribution in [0, 0.1) is 0 Å². The molecular formula is C9H13N3. The summed E-state index contributed by atoms with van der Waals surface area (Å²) in [6.45, 7) is 0. The summed E-state index contributed by atoms with van der Waals surface area (Å²) in [7, 11) is 3.60. The van der Waals surface area contributed by atoms with Crippen LogP contribution in [0.5, 0.6) is 0 Å². The number of nitrogens with zero attached hydrogens (tertiary/aromatic N) is 1. The molecule has 0 heterocycles. The number of nitrogens with two attached hydrogens (primary N) is 1. The number of anilines is 2. The maximum absolute atomic E-state index is 5.71. The minimum absolute atomic E-state index is 0.750. The molecule has 0 bridgehead atoms. The number of hydrogen-bond acceptors (Lipinski definition) is 3. The van der Waals surface area contributed by atoms with Gasteiger partial charge in [-0.3, -0.25) is 4.99 Å². The molecule has 0 unspecified atom stereocenters. The zero-order valence-electron chi connectivity index (χ0n) is 7.33. The molecule has 0 fully saturated rings. The van der Waals surface area contributed by atoms with E-state index in [-0.39, 0.29) is 0 Å². The van der Waals surface area contributed by atoms with E-state index in [4.69, 9.17) is 5.73 Å². The van der Waals surface area contributed by atoms with E-state index in [0.717, 1.165) is 16.9 Å². The van der Waals surface area contributed by atoms with E-state index >= 15 is 0 Å². The summed E-state index contributed by atoms with van der Waals surface area (Å²) in [5, 5.41) is 3.04. The number of nitrogen functional groups attached to an aromatic ring is 1. The first-order valence-corrected chi connectivity index (χ1v) is 3.77. The Kier molecular flexibility index (Phi) is 2.69. The Morgan fingerprint density at radius 3 is 2.83 bits per heavy atom. The number of hydrogen-bond donors (Lipinski definition) is 2. The second-order valence-electron chi connectivity index (χ2n) is 2.48. The van der Waals surface area contributed by atoms with Gasteiger partial charge in [0.05, 0.1) is 0 Å². The second kappa shape index (κ2) is 3.76. The molecule has 0 aromatic heterocycles. The van der Waals surface area contributed by atoms with E-state index in [0.29, 0.717) is 0 Å². The zero-order chi connectivity index (χ0) is 8.97. The molecule has 3 heteroatoms. The smallest absolute Gasteiger partial charge is 0.0404 e. The first kappa shape index (κ1) is 8.59. The molecule has 0 aliphatic heterocycles. The van der Waals surface area contributed by atoms with Gasteiger partial charge in [0.25, 0.3) is 0 Å². The molecule has 0 spiro atoms. The van der Waals surface area contributed by atoms with E-state index < -0.39 is 0 Å². The molecule has 0 amide bonds. The topological polar surface area (TPSA) is 50.4 Å². The molecule has 3 N–H and O–H groups in total. The van der Waals surface area contributed by atoms with Gasteiger partial charge in [-0.15, -0.1) is 0 Å². The summed E-state index contributed by atoms with van der Waals surface area (Å²) < 4.78 is 0. The Morgan fingerprint density at radius 2 is 2.25 bits per heavy atom. The molecule has 0 atom stereocenters. The molecule has 0 aliphatic rings. The van der Waals surface area contributed by atoms with Crippen LogP contribution in [-0.2, 0) is 0 Å². The van der Waals surface area contributed by atoms with Gasteiger partial charge in [-0.05, 0) is 18.2 Å².